The molecule has 0 radical (unpaired) electrons. The van der Waals surface area contributed by atoms with E-state index in [9.17, 15) is 9.59 Å². The highest BCUT2D eigenvalue weighted by Gasteiger charge is 2.24. The molecule has 0 saturated carbocycles. The molecule has 29 heavy (non-hydrogen) atoms. The number of hydrogen-bond acceptors (Lipinski definition) is 4. The van der Waals surface area contributed by atoms with Gasteiger partial charge in [-0.1, -0.05) is 18.2 Å². The predicted molar refractivity (Wildman–Crippen MR) is 111 cm³/mol. The number of nitrogens with one attached hydrogen (secondary N) is 2. The zero-order chi connectivity index (χ0) is 20.4. The van der Waals surface area contributed by atoms with Gasteiger partial charge in [0.25, 0.3) is 5.91 Å². The summed E-state index contributed by atoms with van der Waals surface area (Å²) in [7, 11) is 1.84. The Morgan fingerprint density at radius 3 is 2.59 bits per heavy atom. The van der Waals surface area contributed by atoms with Crippen LogP contribution in [0, 0.1) is 6.92 Å². The zero-order valence-electron chi connectivity index (χ0n) is 16.6. The summed E-state index contributed by atoms with van der Waals surface area (Å²) in [5, 5.41) is 11.2. The van der Waals surface area contributed by atoms with Crippen LogP contribution in [0.5, 0.6) is 0 Å². The lowest BCUT2D eigenvalue weighted by molar-refractivity contribution is 0.0919. The number of anilines is 1. The van der Waals surface area contributed by atoms with Crippen molar-refractivity contribution >= 4 is 28.7 Å². The molecule has 1 aliphatic heterocycles. The highest BCUT2D eigenvalue weighted by atomic mass is 16.2. The molecule has 3 heterocycles. The Hall–Kier alpha value is -3.42. The Labute approximate surface area is 168 Å². The molecule has 2 N–H and O–H groups in total. The molecule has 1 aromatic carbocycles. The average molecular weight is 392 g/mol. The molecule has 0 bridgehead atoms. The summed E-state index contributed by atoms with van der Waals surface area (Å²) in [5.41, 5.74) is 2.92. The van der Waals surface area contributed by atoms with Crippen LogP contribution in [0.15, 0.2) is 42.6 Å². The molecule has 1 fully saturated rings. The standard InChI is InChI=1S/C21H24N6O2/c1-14-18-12-15(13-22-19(18)26(2)25-14)20(28)23-17-8-10-27(11-9-17)21(29)24-16-6-4-3-5-7-16/h3-7,12-13,17H,8-11H2,1-2H3,(H,23,28)(H,24,29). The number of aromatic nitrogens is 3. The van der Waals surface area contributed by atoms with Crippen LogP contribution in [0.25, 0.3) is 11.0 Å². The van der Waals surface area contributed by atoms with Gasteiger partial charge in [-0.3, -0.25) is 9.48 Å². The van der Waals surface area contributed by atoms with Crippen molar-refractivity contribution in [2.24, 2.45) is 7.05 Å². The fraction of sp³-hybridized carbons (Fsp3) is 0.333. The Balaban J connectivity index is 1.33. The van der Waals surface area contributed by atoms with E-state index in [2.05, 4.69) is 20.7 Å². The van der Waals surface area contributed by atoms with Gasteiger partial charge in [0, 0.05) is 43.4 Å². The van der Waals surface area contributed by atoms with Crippen LogP contribution in [0.2, 0.25) is 0 Å². The lowest BCUT2D eigenvalue weighted by Gasteiger charge is -2.32. The predicted octanol–water partition coefficient (Wildman–Crippen LogP) is 2.70. The second-order valence-corrected chi connectivity index (χ2v) is 7.34. The van der Waals surface area contributed by atoms with Crippen molar-refractivity contribution in [3.8, 4) is 0 Å². The number of pyridine rings is 1. The summed E-state index contributed by atoms with van der Waals surface area (Å²) in [6.07, 6.45) is 3.02. The molecule has 0 aliphatic carbocycles. The number of piperidine rings is 1. The number of likely N-dealkylation sites (tertiary alicyclic amines) is 1. The van der Waals surface area contributed by atoms with E-state index in [0.29, 0.717) is 18.7 Å². The van der Waals surface area contributed by atoms with Crippen molar-refractivity contribution in [1.82, 2.24) is 25.0 Å². The largest absolute Gasteiger partial charge is 0.349 e. The number of urea groups is 1. The highest BCUT2D eigenvalue weighted by molar-refractivity contribution is 5.97. The third-order valence-electron chi connectivity index (χ3n) is 5.27. The Kier molecular flexibility index (Phi) is 5.16. The number of benzene rings is 1. The first-order valence-electron chi connectivity index (χ1n) is 9.72. The molecule has 0 unspecified atom stereocenters. The lowest BCUT2D eigenvalue weighted by atomic mass is 10.0. The average Bonchev–Trinajstić information content (AvgIpc) is 3.02. The van der Waals surface area contributed by atoms with Gasteiger partial charge in [-0.15, -0.1) is 0 Å². The highest BCUT2D eigenvalue weighted by Crippen LogP contribution is 2.18. The first kappa shape index (κ1) is 18.9. The minimum Gasteiger partial charge on any atom is -0.349 e. The van der Waals surface area contributed by atoms with Crippen LogP contribution < -0.4 is 10.6 Å². The molecule has 4 rings (SSSR count). The number of carbonyl (C=O) groups excluding carboxylic acids is 2. The van der Waals surface area contributed by atoms with Crippen molar-refractivity contribution in [2.75, 3.05) is 18.4 Å². The van der Waals surface area contributed by atoms with Gasteiger partial charge in [-0.2, -0.15) is 5.10 Å². The van der Waals surface area contributed by atoms with Gasteiger partial charge in [-0.05, 0) is 38.0 Å². The molecule has 8 nitrogen and oxygen atoms in total. The van der Waals surface area contributed by atoms with E-state index in [1.165, 1.54) is 0 Å². The number of rotatable bonds is 3. The minimum absolute atomic E-state index is 0.0361. The van der Waals surface area contributed by atoms with Gasteiger partial charge >= 0.3 is 6.03 Å². The summed E-state index contributed by atoms with van der Waals surface area (Å²) in [4.78, 5) is 31.2. The van der Waals surface area contributed by atoms with Crippen LogP contribution in [0.3, 0.4) is 0 Å². The maximum absolute atomic E-state index is 12.7. The van der Waals surface area contributed by atoms with Gasteiger partial charge in [0.05, 0.1) is 11.3 Å². The summed E-state index contributed by atoms with van der Waals surface area (Å²) in [6, 6.07) is 11.2. The molecule has 0 spiro atoms. The number of carbonyl (C=O) groups is 2. The fourth-order valence-electron chi connectivity index (χ4n) is 3.65. The smallest absolute Gasteiger partial charge is 0.321 e. The molecular weight excluding hydrogens is 368 g/mol. The first-order valence-corrected chi connectivity index (χ1v) is 9.72. The summed E-state index contributed by atoms with van der Waals surface area (Å²) < 4.78 is 1.71. The number of hydrogen-bond donors (Lipinski definition) is 2. The maximum Gasteiger partial charge on any atom is 0.321 e. The quantitative estimate of drug-likeness (QED) is 0.717. The van der Waals surface area contributed by atoms with Crippen molar-refractivity contribution in [1.29, 1.82) is 0 Å². The van der Waals surface area contributed by atoms with Gasteiger partial charge in [0.1, 0.15) is 0 Å². The third kappa shape index (κ3) is 4.06. The summed E-state index contributed by atoms with van der Waals surface area (Å²) >= 11 is 0. The van der Waals surface area contributed by atoms with E-state index < -0.39 is 0 Å². The van der Waals surface area contributed by atoms with Gasteiger partial charge in [-0.25, -0.2) is 9.78 Å². The van der Waals surface area contributed by atoms with E-state index in [0.717, 1.165) is 35.3 Å². The van der Waals surface area contributed by atoms with Crippen molar-refractivity contribution in [3.05, 3.63) is 53.9 Å². The second kappa shape index (κ2) is 7.90. The van der Waals surface area contributed by atoms with Gasteiger partial charge in [0.2, 0.25) is 0 Å². The number of fused-ring (bicyclic) bond motifs is 1. The molecule has 150 valence electrons. The number of nitrogens with zero attached hydrogens (tertiary/aromatic N) is 4. The molecule has 2 aromatic heterocycles. The number of aryl methyl sites for hydroxylation is 2. The Morgan fingerprint density at radius 2 is 1.86 bits per heavy atom. The zero-order valence-corrected chi connectivity index (χ0v) is 16.6. The van der Waals surface area contributed by atoms with Gasteiger partial charge < -0.3 is 15.5 Å². The second-order valence-electron chi connectivity index (χ2n) is 7.34. The normalized spacial score (nSPS) is 14.8. The van der Waals surface area contributed by atoms with E-state index >= 15 is 0 Å². The maximum atomic E-state index is 12.7. The topological polar surface area (TPSA) is 92.2 Å². The summed E-state index contributed by atoms with van der Waals surface area (Å²) in [5.74, 6) is -0.144. The monoisotopic (exact) mass is 392 g/mol. The van der Waals surface area contributed by atoms with E-state index in [1.54, 1.807) is 15.8 Å². The van der Waals surface area contributed by atoms with Gasteiger partial charge in [0.15, 0.2) is 5.65 Å². The van der Waals surface area contributed by atoms with Crippen LogP contribution in [-0.4, -0.2) is 50.7 Å². The molecule has 1 aliphatic rings. The van der Waals surface area contributed by atoms with Crippen molar-refractivity contribution in [3.63, 3.8) is 0 Å². The molecule has 3 aromatic rings. The molecule has 3 amide bonds. The summed E-state index contributed by atoms with van der Waals surface area (Å²) in [6.45, 7) is 3.10. The lowest BCUT2D eigenvalue weighted by Crippen LogP contribution is -2.47. The van der Waals surface area contributed by atoms with Crippen molar-refractivity contribution in [2.45, 2.75) is 25.8 Å². The number of amides is 3. The Morgan fingerprint density at radius 1 is 1.14 bits per heavy atom. The Bertz CT molecular complexity index is 1040. The van der Waals surface area contributed by atoms with Crippen LogP contribution in [0.1, 0.15) is 28.9 Å². The van der Waals surface area contributed by atoms with E-state index in [4.69, 9.17) is 0 Å². The third-order valence-corrected chi connectivity index (χ3v) is 5.27. The van der Waals surface area contributed by atoms with Crippen LogP contribution >= 0.6 is 0 Å². The fourth-order valence-corrected chi connectivity index (χ4v) is 3.65. The van der Waals surface area contributed by atoms with E-state index in [-0.39, 0.29) is 18.0 Å². The SMILES string of the molecule is Cc1nn(C)c2ncc(C(=O)NC3CCN(C(=O)Nc4ccccc4)CC3)cc12. The molecule has 0 atom stereocenters. The number of para-hydroxylation sites is 1. The molecular formula is C21H24N6O2. The molecule has 8 heteroatoms. The minimum atomic E-state index is -0.144. The van der Waals surface area contributed by atoms with Crippen LogP contribution in [0.4, 0.5) is 10.5 Å². The van der Waals surface area contributed by atoms with Crippen LogP contribution in [-0.2, 0) is 7.05 Å². The first-order chi connectivity index (χ1) is 14.0. The molecule has 1 saturated heterocycles. The van der Waals surface area contributed by atoms with E-state index in [1.807, 2.05) is 50.4 Å². The van der Waals surface area contributed by atoms with Crippen molar-refractivity contribution < 1.29 is 9.59 Å².